The van der Waals surface area contributed by atoms with Crippen molar-refractivity contribution in [3.05, 3.63) is 28.1 Å². The molecule has 1 aromatic heterocycles. The predicted molar refractivity (Wildman–Crippen MR) is 87.2 cm³/mol. The molecule has 0 aliphatic carbocycles. The number of hydrogen-bond acceptors (Lipinski definition) is 6. The molecule has 0 unspecified atom stereocenters. The number of hydrogen-bond donors (Lipinski definition) is 1. The summed E-state index contributed by atoms with van der Waals surface area (Å²) in [5.74, 6) is -1.19. The molecule has 0 spiro atoms. The van der Waals surface area contributed by atoms with Crippen LogP contribution in [-0.2, 0) is 19.0 Å². The van der Waals surface area contributed by atoms with Crippen LogP contribution in [0.3, 0.4) is 0 Å². The van der Waals surface area contributed by atoms with E-state index in [1.807, 2.05) is 6.07 Å². The molecule has 0 aliphatic heterocycles. The van der Waals surface area contributed by atoms with Crippen molar-refractivity contribution in [1.29, 1.82) is 5.26 Å². The third-order valence-electron chi connectivity index (χ3n) is 3.29. The van der Waals surface area contributed by atoms with Gasteiger partial charge in [-0.05, 0) is 39.3 Å². The highest BCUT2D eigenvalue weighted by Gasteiger charge is 2.20. The van der Waals surface area contributed by atoms with Crippen LogP contribution in [0.15, 0.2) is 5.57 Å². The number of carbonyl (C=O) groups excluding carboxylic acids is 2. The van der Waals surface area contributed by atoms with Gasteiger partial charge in [-0.3, -0.25) is 0 Å². The number of esters is 2. The van der Waals surface area contributed by atoms with Gasteiger partial charge < -0.3 is 19.2 Å². The van der Waals surface area contributed by atoms with Gasteiger partial charge in [-0.15, -0.1) is 0 Å². The van der Waals surface area contributed by atoms with Crippen molar-refractivity contribution in [3.8, 4) is 6.07 Å². The molecule has 1 atom stereocenters. The Morgan fingerprint density at radius 1 is 1.38 bits per heavy atom. The number of rotatable bonds is 7. The topological polar surface area (TPSA) is 101 Å². The molecule has 0 fully saturated rings. The normalized spacial score (nSPS) is 12.4. The molecule has 130 valence electrons. The van der Waals surface area contributed by atoms with E-state index in [9.17, 15) is 14.9 Å². The molecule has 1 aromatic rings. The van der Waals surface area contributed by atoms with E-state index in [1.165, 1.54) is 13.2 Å². The monoisotopic (exact) mass is 334 g/mol. The summed E-state index contributed by atoms with van der Waals surface area (Å²) in [7, 11) is 1.49. The molecule has 1 N–H and O–H groups in total. The van der Waals surface area contributed by atoms with E-state index in [-0.39, 0.29) is 18.8 Å². The fraction of sp³-hybridized carbons (Fsp3) is 0.471. The number of aromatic nitrogens is 1. The van der Waals surface area contributed by atoms with Crippen LogP contribution in [0.25, 0.3) is 6.08 Å². The van der Waals surface area contributed by atoms with Gasteiger partial charge in [0.2, 0.25) is 0 Å². The Morgan fingerprint density at radius 2 is 2.04 bits per heavy atom. The lowest BCUT2D eigenvalue weighted by Crippen LogP contribution is -2.20. The molecular weight excluding hydrogens is 312 g/mol. The third-order valence-corrected chi connectivity index (χ3v) is 3.29. The van der Waals surface area contributed by atoms with Crippen LogP contribution in [0.5, 0.6) is 0 Å². The highest BCUT2D eigenvalue weighted by Crippen LogP contribution is 2.21. The molecule has 0 amide bonds. The SMILES string of the molecule is CCOC(=O)c1c(C)[nH]c(/C=C(\C#N)C(=O)O[C@H](C)COC)c1C. The zero-order chi connectivity index (χ0) is 18.3. The lowest BCUT2D eigenvalue weighted by molar-refractivity contribution is -0.145. The van der Waals surface area contributed by atoms with Crippen LogP contribution in [0, 0.1) is 25.2 Å². The highest BCUT2D eigenvalue weighted by molar-refractivity contribution is 5.99. The van der Waals surface area contributed by atoms with Crippen LogP contribution >= 0.6 is 0 Å². The van der Waals surface area contributed by atoms with Crippen molar-refractivity contribution < 1.29 is 23.8 Å². The summed E-state index contributed by atoms with van der Waals surface area (Å²) in [4.78, 5) is 27.0. The number of nitriles is 1. The van der Waals surface area contributed by atoms with Gasteiger partial charge in [-0.25, -0.2) is 9.59 Å². The summed E-state index contributed by atoms with van der Waals surface area (Å²) >= 11 is 0. The van der Waals surface area contributed by atoms with Crippen molar-refractivity contribution in [2.45, 2.75) is 33.8 Å². The molecule has 1 heterocycles. The Labute approximate surface area is 141 Å². The van der Waals surface area contributed by atoms with Gasteiger partial charge >= 0.3 is 11.9 Å². The van der Waals surface area contributed by atoms with Crippen molar-refractivity contribution in [1.82, 2.24) is 4.98 Å². The number of aryl methyl sites for hydroxylation is 1. The van der Waals surface area contributed by atoms with E-state index in [4.69, 9.17) is 14.2 Å². The molecule has 1 rings (SSSR count). The fourth-order valence-electron chi connectivity index (χ4n) is 2.22. The molecule has 0 saturated heterocycles. The zero-order valence-electron chi connectivity index (χ0n) is 14.6. The van der Waals surface area contributed by atoms with Crippen LogP contribution in [0.2, 0.25) is 0 Å². The number of aromatic amines is 1. The maximum absolute atomic E-state index is 12.0. The number of methoxy groups -OCH3 is 1. The lowest BCUT2D eigenvalue weighted by atomic mass is 10.1. The van der Waals surface area contributed by atoms with Gasteiger partial charge in [0.1, 0.15) is 17.7 Å². The minimum absolute atomic E-state index is 0.169. The van der Waals surface area contributed by atoms with E-state index < -0.39 is 18.0 Å². The first-order valence-corrected chi connectivity index (χ1v) is 7.53. The zero-order valence-corrected chi connectivity index (χ0v) is 14.6. The van der Waals surface area contributed by atoms with Crippen molar-refractivity contribution in [2.75, 3.05) is 20.3 Å². The summed E-state index contributed by atoms with van der Waals surface area (Å²) < 4.78 is 15.0. The number of ether oxygens (including phenoxy) is 3. The maximum atomic E-state index is 12.0. The van der Waals surface area contributed by atoms with Crippen LogP contribution < -0.4 is 0 Å². The number of nitrogens with zero attached hydrogens (tertiary/aromatic N) is 1. The average molecular weight is 334 g/mol. The third kappa shape index (κ3) is 4.70. The van der Waals surface area contributed by atoms with E-state index in [0.29, 0.717) is 22.5 Å². The van der Waals surface area contributed by atoms with Gasteiger partial charge in [0.15, 0.2) is 0 Å². The standard InChI is InChI=1S/C17H22N2O5/c1-6-23-17(21)15-11(3)14(19-12(15)4)7-13(8-18)16(20)24-10(2)9-22-5/h7,10,19H,6,9H2,1-5H3/b13-7+/t10-/m1/s1. The van der Waals surface area contributed by atoms with Gasteiger partial charge in [-0.2, -0.15) is 5.26 Å². The first kappa shape index (κ1) is 19.5. The summed E-state index contributed by atoms with van der Waals surface area (Å²) in [5.41, 5.74) is 1.94. The lowest BCUT2D eigenvalue weighted by Gasteiger charge is -2.11. The van der Waals surface area contributed by atoms with Gasteiger partial charge in [0.05, 0.1) is 18.8 Å². The van der Waals surface area contributed by atoms with Gasteiger partial charge in [0.25, 0.3) is 0 Å². The summed E-state index contributed by atoms with van der Waals surface area (Å²) in [5, 5.41) is 9.21. The Balaban J connectivity index is 3.10. The molecule has 0 aliphatic rings. The van der Waals surface area contributed by atoms with E-state index in [0.717, 1.165) is 0 Å². The molecule has 24 heavy (non-hydrogen) atoms. The molecule has 0 aromatic carbocycles. The number of nitrogens with one attached hydrogen (secondary N) is 1. The van der Waals surface area contributed by atoms with E-state index >= 15 is 0 Å². The Kier molecular flexibility index (Phi) is 7.21. The molecule has 0 radical (unpaired) electrons. The Morgan fingerprint density at radius 3 is 2.58 bits per heavy atom. The fourth-order valence-corrected chi connectivity index (χ4v) is 2.22. The van der Waals surface area contributed by atoms with Crippen LogP contribution in [0.4, 0.5) is 0 Å². The Hall–Kier alpha value is -2.59. The first-order chi connectivity index (χ1) is 11.3. The maximum Gasteiger partial charge on any atom is 0.349 e. The van der Waals surface area contributed by atoms with Crippen molar-refractivity contribution in [3.63, 3.8) is 0 Å². The van der Waals surface area contributed by atoms with Gasteiger partial charge in [0, 0.05) is 18.5 Å². The second-order valence-electron chi connectivity index (χ2n) is 5.23. The molecule has 0 bridgehead atoms. The van der Waals surface area contributed by atoms with Crippen molar-refractivity contribution in [2.24, 2.45) is 0 Å². The summed E-state index contributed by atoms with van der Waals surface area (Å²) in [6, 6.07) is 1.82. The highest BCUT2D eigenvalue weighted by atomic mass is 16.6. The summed E-state index contributed by atoms with van der Waals surface area (Å²) in [6.45, 7) is 7.33. The molecule has 0 saturated carbocycles. The first-order valence-electron chi connectivity index (χ1n) is 7.53. The smallest absolute Gasteiger partial charge is 0.349 e. The Bertz CT molecular complexity index is 682. The minimum Gasteiger partial charge on any atom is -0.462 e. The molecule has 7 nitrogen and oxygen atoms in total. The van der Waals surface area contributed by atoms with Crippen molar-refractivity contribution >= 4 is 18.0 Å². The molecule has 7 heteroatoms. The average Bonchev–Trinajstić information content (AvgIpc) is 2.79. The second kappa shape index (κ2) is 8.89. The number of carbonyl (C=O) groups is 2. The quantitative estimate of drug-likeness (QED) is 0.466. The van der Waals surface area contributed by atoms with Crippen LogP contribution in [-0.4, -0.2) is 43.4 Å². The van der Waals surface area contributed by atoms with Gasteiger partial charge in [-0.1, -0.05) is 0 Å². The van der Waals surface area contributed by atoms with E-state index in [1.54, 1.807) is 27.7 Å². The second-order valence-corrected chi connectivity index (χ2v) is 5.23. The molecular formula is C17H22N2O5. The van der Waals surface area contributed by atoms with Crippen LogP contribution in [0.1, 0.15) is 41.2 Å². The number of H-pyrrole nitrogens is 1. The largest absolute Gasteiger partial charge is 0.462 e. The summed E-state index contributed by atoms with van der Waals surface area (Å²) in [6.07, 6.45) is 0.897. The van der Waals surface area contributed by atoms with E-state index in [2.05, 4.69) is 4.98 Å². The predicted octanol–water partition coefficient (Wildman–Crippen LogP) is 2.29. The minimum atomic E-state index is -0.744.